The second-order valence-corrected chi connectivity index (χ2v) is 7.92. The zero-order chi connectivity index (χ0) is 19.6. The van der Waals surface area contributed by atoms with Gasteiger partial charge in [0.1, 0.15) is 0 Å². The molecular formula is C19H15Cl2NO3S2. The zero-order valence-electron chi connectivity index (χ0n) is 14.5. The Kier molecular flexibility index (Phi) is 6.32. The number of ether oxygens (including phenoxy) is 2. The molecule has 0 spiro atoms. The quantitative estimate of drug-likeness (QED) is 0.434. The lowest BCUT2D eigenvalue weighted by molar-refractivity contribution is -0.113. The highest BCUT2D eigenvalue weighted by molar-refractivity contribution is 8.27. The Bertz CT molecular complexity index is 947. The van der Waals surface area contributed by atoms with Gasteiger partial charge in [-0.25, -0.2) is 0 Å². The summed E-state index contributed by atoms with van der Waals surface area (Å²) in [4.78, 5) is 14.9. The van der Waals surface area contributed by atoms with Gasteiger partial charge in [0.15, 0.2) is 15.8 Å². The van der Waals surface area contributed by atoms with Gasteiger partial charge < -0.3 is 9.47 Å². The van der Waals surface area contributed by atoms with Gasteiger partial charge in [-0.3, -0.25) is 9.69 Å². The number of thiocarbonyl (C=S) groups is 1. The van der Waals surface area contributed by atoms with Crippen molar-refractivity contribution in [1.82, 2.24) is 0 Å². The van der Waals surface area contributed by atoms with E-state index in [4.69, 9.17) is 44.9 Å². The summed E-state index contributed by atoms with van der Waals surface area (Å²) in [5.41, 5.74) is 1.32. The molecule has 3 rings (SSSR count). The molecular weight excluding hydrogens is 425 g/mol. The molecule has 0 aliphatic carbocycles. The van der Waals surface area contributed by atoms with E-state index in [9.17, 15) is 4.79 Å². The fourth-order valence-corrected chi connectivity index (χ4v) is 4.14. The van der Waals surface area contributed by atoms with Crippen molar-refractivity contribution in [2.75, 3.05) is 18.6 Å². The summed E-state index contributed by atoms with van der Waals surface area (Å²) in [6, 6.07) is 10.5. The van der Waals surface area contributed by atoms with Crippen molar-refractivity contribution in [1.29, 1.82) is 0 Å². The monoisotopic (exact) mass is 439 g/mol. The van der Waals surface area contributed by atoms with E-state index in [1.54, 1.807) is 31.4 Å². The normalized spacial score (nSPS) is 15.6. The molecule has 0 bridgehead atoms. The number of rotatable bonds is 5. The van der Waals surface area contributed by atoms with Gasteiger partial charge in [-0.2, -0.15) is 0 Å². The van der Waals surface area contributed by atoms with Crippen LogP contribution >= 0.6 is 47.2 Å². The minimum absolute atomic E-state index is 0.228. The number of thioether (sulfide) groups is 1. The maximum Gasteiger partial charge on any atom is 0.270 e. The van der Waals surface area contributed by atoms with E-state index in [0.29, 0.717) is 43.1 Å². The molecule has 1 heterocycles. The first-order valence-corrected chi connectivity index (χ1v) is 9.97. The highest BCUT2D eigenvalue weighted by atomic mass is 35.5. The van der Waals surface area contributed by atoms with Crippen LogP contribution in [-0.2, 0) is 4.79 Å². The standard InChI is InChI=1S/C19H15Cl2NO3S2/c1-3-25-17-11(5-4-6-15(17)24-2)9-16-18(23)22(19(26)27-16)12-7-8-13(20)14(21)10-12/h4-10H,3H2,1-2H3/b16-9-. The third-order valence-electron chi connectivity index (χ3n) is 3.76. The summed E-state index contributed by atoms with van der Waals surface area (Å²) in [7, 11) is 1.57. The maximum absolute atomic E-state index is 12.9. The highest BCUT2D eigenvalue weighted by Crippen LogP contribution is 2.40. The lowest BCUT2D eigenvalue weighted by atomic mass is 10.1. The minimum atomic E-state index is -0.228. The second kappa shape index (κ2) is 8.52. The Morgan fingerprint density at radius 1 is 1.22 bits per heavy atom. The van der Waals surface area contributed by atoms with Crippen molar-refractivity contribution in [3.63, 3.8) is 0 Å². The molecule has 1 amide bonds. The van der Waals surface area contributed by atoms with Crippen LogP contribution in [0, 0.1) is 0 Å². The molecule has 0 N–H and O–H groups in total. The number of nitrogens with zero attached hydrogens (tertiary/aromatic N) is 1. The van der Waals surface area contributed by atoms with Gasteiger partial charge in [-0.05, 0) is 37.3 Å². The van der Waals surface area contributed by atoms with Gasteiger partial charge in [0.25, 0.3) is 5.91 Å². The summed E-state index contributed by atoms with van der Waals surface area (Å²) in [5, 5.41) is 0.776. The first kappa shape index (κ1) is 20.0. The van der Waals surface area contributed by atoms with Crippen molar-refractivity contribution < 1.29 is 14.3 Å². The number of methoxy groups -OCH3 is 1. The molecule has 2 aromatic carbocycles. The Morgan fingerprint density at radius 2 is 2.00 bits per heavy atom. The predicted molar refractivity (Wildman–Crippen MR) is 116 cm³/mol. The van der Waals surface area contributed by atoms with E-state index in [1.165, 1.54) is 16.7 Å². The van der Waals surface area contributed by atoms with Gasteiger partial charge in [-0.1, -0.05) is 59.3 Å². The molecule has 140 valence electrons. The molecule has 0 atom stereocenters. The summed E-state index contributed by atoms with van der Waals surface area (Å²) in [6.07, 6.45) is 1.75. The van der Waals surface area contributed by atoms with Crippen LogP contribution in [0.15, 0.2) is 41.3 Å². The Balaban J connectivity index is 1.99. The molecule has 1 saturated heterocycles. The second-order valence-electron chi connectivity index (χ2n) is 5.43. The van der Waals surface area contributed by atoms with Crippen LogP contribution in [0.1, 0.15) is 12.5 Å². The number of carbonyl (C=O) groups excluding carboxylic acids is 1. The molecule has 1 fully saturated rings. The number of benzene rings is 2. The number of anilines is 1. The van der Waals surface area contributed by atoms with Gasteiger partial charge in [0, 0.05) is 5.56 Å². The summed E-state index contributed by atoms with van der Waals surface area (Å²) < 4.78 is 11.5. The number of para-hydroxylation sites is 1. The summed E-state index contributed by atoms with van der Waals surface area (Å²) >= 11 is 18.7. The van der Waals surface area contributed by atoms with Crippen LogP contribution in [0.5, 0.6) is 11.5 Å². The van der Waals surface area contributed by atoms with Gasteiger partial charge in [0.05, 0.1) is 34.4 Å². The lowest BCUT2D eigenvalue weighted by Gasteiger charge is -2.15. The van der Waals surface area contributed by atoms with Crippen molar-refractivity contribution in [3.05, 3.63) is 56.9 Å². The largest absolute Gasteiger partial charge is 0.493 e. The molecule has 0 aromatic heterocycles. The van der Waals surface area contributed by atoms with E-state index in [1.807, 2.05) is 25.1 Å². The van der Waals surface area contributed by atoms with E-state index in [0.717, 1.165) is 5.56 Å². The third-order valence-corrected chi connectivity index (χ3v) is 5.80. The number of carbonyl (C=O) groups is 1. The Morgan fingerprint density at radius 3 is 2.67 bits per heavy atom. The predicted octanol–water partition coefficient (Wildman–Crippen LogP) is 5.81. The number of amides is 1. The molecule has 4 nitrogen and oxygen atoms in total. The zero-order valence-corrected chi connectivity index (χ0v) is 17.6. The fraction of sp³-hybridized carbons (Fsp3) is 0.158. The first-order valence-electron chi connectivity index (χ1n) is 7.99. The fourth-order valence-electron chi connectivity index (χ4n) is 2.56. The Hall–Kier alpha value is -1.73. The van der Waals surface area contributed by atoms with E-state index in [-0.39, 0.29) is 5.91 Å². The first-order chi connectivity index (χ1) is 13.0. The third kappa shape index (κ3) is 4.09. The Labute approximate surface area is 177 Å². The molecule has 1 aliphatic rings. The highest BCUT2D eigenvalue weighted by Gasteiger charge is 2.33. The average Bonchev–Trinajstić information content (AvgIpc) is 2.92. The topological polar surface area (TPSA) is 38.8 Å². The summed E-state index contributed by atoms with van der Waals surface area (Å²) in [5.74, 6) is 0.960. The molecule has 27 heavy (non-hydrogen) atoms. The van der Waals surface area contributed by atoms with Crippen molar-refractivity contribution >= 4 is 69.2 Å². The van der Waals surface area contributed by atoms with E-state index < -0.39 is 0 Å². The maximum atomic E-state index is 12.9. The minimum Gasteiger partial charge on any atom is -0.493 e. The van der Waals surface area contributed by atoms with Crippen LogP contribution in [-0.4, -0.2) is 23.9 Å². The number of hydrogen-bond acceptors (Lipinski definition) is 5. The van der Waals surface area contributed by atoms with Gasteiger partial charge in [-0.15, -0.1) is 0 Å². The molecule has 0 saturated carbocycles. The molecule has 0 unspecified atom stereocenters. The van der Waals surface area contributed by atoms with Crippen molar-refractivity contribution in [2.24, 2.45) is 0 Å². The number of hydrogen-bond donors (Lipinski definition) is 0. The molecule has 2 aromatic rings. The SMILES string of the molecule is CCOc1c(/C=C2\SC(=S)N(c3ccc(Cl)c(Cl)c3)C2=O)cccc1OC. The lowest BCUT2D eigenvalue weighted by Crippen LogP contribution is -2.27. The van der Waals surface area contributed by atoms with Gasteiger partial charge >= 0.3 is 0 Å². The van der Waals surface area contributed by atoms with Crippen LogP contribution in [0.4, 0.5) is 5.69 Å². The smallest absolute Gasteiger partial charge is 0.270 e. The van der Waals surface area contributed by atoms with Crippen LogP contribution in [0.25, 0.3) is 6.08 Å². The molecule has 8 heteroatoms. The van der Waals surface area contributed by atoms with Gasteiger partial charge in [0.2, 0.25) is 0 Å². The van der Waals surface area contributed by atoms with Crippen LogP contribution in [0.2, 0.25) is 10.0 Å². The van der Waals surface area contributed by atoms with E-state index in [2.05, 4.69) is 0 Å². The van der Waals surface area contributed by atoms with E-state index >= 15 is 0 Å². The molecule has 0 radical (unpaired) electrons. The molecule has 1 aliphatic heterocycles. The number of halogens is 2. The van der Waals surface area contributed by atoms with Crippen molar-refractivity contribution in [3.8, 4) is 11.5 Å². The van der Waals surface area contributed by atoms with Crippen LogP contribution < -0.4 is 14.4 Å². The van der Waals surface area contributed by atoms with Crippen molar-refractivity contribution in [2.45, 2.75) is 6.92 Å². The summed E-state index contributed by atoms with van der Waals surface area (Å²) in [6.45, 7) is 2.37. The van der Waals surface area contributed by atoms with Crippen LogP contribution in [0.3, 0.4) is 0 Å². The average molecular weight is 440 g/mol.